The molecule has 0 unspecified atom stereocenters. The van der Waals surface area contributed by atoms with E-state index >= 15 is 0 Å². The third-order valence-electron chi connectivity index (χ3n) is 3.05. The minimum Gasteiger partial charge on any atom is -0.332 e. The molecule has 3 aromatic rings. The number of aromatic nitrogens is 4. The first-order chi connectivity index (χ1) is 11.1. The number of carbonyl (C=O) groups is 1. The summed E-state index contributed by atoms with van der Waals surface area (Å²) in [6, 6.07) is 7.64. The molecule has 0 aliphatic heterocycles. The van der Waals surface area contributed by atoms with Gasteiger partial charge in [-0.15, -0.1) is 10.2 Å². The van der Waals surface area contributed by atoms with E-state index in [-0.39, 0.29) is 11.0 Å². The molecule has 118 valence electrons. The summed E-state index contributed by atoms with van der Waals surface area (Å²) in [5.74, 6) is 0.645. The second kappa shape index (κ2) is 6.39. The molecule has 0 aliphatic carbocycles. The van der Waals surface area contributed by atoms with Gasteiger partial charge in [0.2, 0.25) is 10.9 Å². The zero-order valence-electron chi connectivity index (χ0n) is 12.5. The molecule has 0 radical (unpaired) electrons. The summed E-state index contributed by atoms with van der Waals surface area (Å²) in [5, 5.41) is 19.4. The molecular formula is C14H14N6OS2. The lowest BCUT2D eigenvalue weighted by molar-refractivity contribution is -0.117. The quantitative estimate of drug-likeness (QED) is 0.708. The topological polar surface area (TPSA) is 84.2 Å². The fourth-order valence-corrected chi connectivity index (χ4v) is 3.14. The van der Waals surface area contributed by atoms with E-state index in [0.717, 1.165) is 33.5 Å². The van der Waals surface area contributed by atoms with E-state index in [9.17, 15) is 4.79 Å². The van der Waals surface area contributed by atoms with E-state index in [1.54, 1.807) is 4.52 Å². The van der Waals surface area contributed by atoms with Crippen molar-refractivity contribution in [2.45, 2.75) is 20.3 Å². The zero-order chi connectivity index (χ0) is 16.4. The summed E-state index contributed by atoms with van der Waals surface area (Å²) >= 11 is 6.52. The molecule has 2 heterocycles. The van der Waals surface area contributed by atoms with Gasteiger partial charge in [0.1, 0.15) is 5.01 Å². The first kappa shape index (κ1) is 15.5. The molecule has 0 fully saturated rings. The van der Waals surface area contributed by atoms with E-state index < -0.39 is 0 Å². The van der Waals surface area contributed by atoms with Crippen LogP contribution in [0.25, 0.3) is 15.5 Å². The monoisotopic (exact) mass is 346 g/mol. The maximum atomic E-state index is 10.9. The third-order valence-corrected chi connectivity index (χ3v) is 4.20. The Bertz CT molecular complexity index is 867. The number of hydrogen-bond donors (Lipinski definition) is 2. The molecule has 0 saturated heterocycles. The van der Waals surface area contributed by atoms with Crippen LogP contribution in [0.1, 0.15) is 19.7 Å². The van der Waals surface area contributed by atoms with Gasteiger partial charge in [-0.25, -0.2) is 0 Å². The predicted molar refractivity (Wildman–Crippen MR) is 93.5 cm³/mol. The normalized spacial score (nSPS) is 10.7. The highest BCUT2D eigenvalue weighted by Crippen LogP contribution is 2.26. The van der Waals surface area contributed by atoms with Gasteiger partial charge < -0.3 is 10.6 Å². The van der Waals surface area contributed by atoms with Crippen molar-refractivity contribution < 1.29 is 4.79 Å². The molecule has 0 spiro atoms. The van der Waals surface area contributed by atoms with Crippen LogP contribution in [-0.2, 0) is 11.2 Å². The molecule has 1 aromatic carbocycles. The van der Waals surface area contributed by atoms with Gasteiger partial charge in [-0.1, -0.05) is 18.3 Å². The molecule has 7 nitrogen and oxygen atoms in total. The number of anilines is 1. The SMILES string of the molecule is CCc1nnc2sc(-c3ccc(NC(=S)NC(C)=O)cc3)nn12. The summed E-state index contributed by atoms with van der Waals surface area (Å²) in [5.41, 5.74) is 1.78. The Kier molecular flexibility index (Phi) is 4.30. The molecule has 0 aliphatic rings. The largest absolute Gasteiger partial charge is 0.332 e. The van der Waals surface area contributed by atoms with Crippen molar-refractivity contribution in [2.75, 3.05) is 5.32 Å². The number of carbonyl (C=O) groups excluding carboxylic acids is 1. The van der Waals surface area contributed by atoms with E-state index in [0.29, 0.717) is 0 Å². The van der Waals surface area contributed by atoms with Crippen LogP contribution < -0.4 is 10.6 Å². The summed E-state index contributed by atoms with van der Waals surface area (Å²) in [6.07, 6.45) is 0.786. The van der Waals surface area contributed by atoms with Crippen molar-refractivity contribution in [3.63, 3.8) is 0 Å². The number of amides is 1. The predicted octanol–water partition coefficient (Wildman–Crippen LogP) is 2.25. The Morgan fingerprint density at radius 3 is 2.70 bits per heavy atom. The molecule has 9 heteroatoms. The summed E-state index contributed by atoms with van der Waals surface area (Å²) in [6.45, 7) is 3.43. The van der Waals surface area contributed by atoms with Crippen molar-refractivity contribution in [1.29, 1.82) is 0 Å². The Hall–Kier alpha value is -2.39. The maximum absolute atomic E-state index is 10.9. The fourth-order valence-electron chi connectivity index (χ4n) is 2.01. The van der Waals surface area contributed by atoms with Crippen molar-refractivity contribution in [3.8, 4) is 10.6 Å². The van der Waals surface area contributed by atoms with Crippen LogP contribution in [0.2, 0.25) is 0 Å². The summed E-state index contributed by atoms with van der Waals surface area (Å²) in [4.78, 5) is 11.7. The summed E-state index contributed by atoms with van der Waals surface area (Å²) < 4.78 is 1.78. The minimum atomic E-state index is -0.203. The highest BCUT2D eigenvalue weighted by molar-refractivity contribution is 7.80. The van der Waals surface area contributed by atoms with Crippen LogP contribution in [-0.4, -0.2) is 30.8 Å². The van der Waals surface area contributed by atoms with Crippen molar-refractivity contribution in [2.24, 2.45) is 0 Å². The highest BCUT2D eigenvalue weighted by Gasteiger charge is 2.11. The van der Waals surface area contributed by atoms with Crippen LogP contribution in [0, 0.1) is 0 Å². The molecule has 2 N–H and O–H groups in total. The number of hydrogen-bond acceptors (Lipinski definition) is 6. The number of nitrogens with one attached hydrogen (secondary N) is 2. The number of benzene rings is 1. The van der Waals surface area contributed by atoms with Crippen LogP contribution >= 0.6 is 23.6 Å². The van der Waals surface area contributed by atoms with Crippen molar-refractivity contribution in [3.05, 3.63) is 30.1 Å². The molecule has 23 heavy (non-hydrogen) atoms. The molecule has 3 rings (SSSR count). The zero-order valence-corrected chi connectivity index (χ0v) is 14.2. The Morgan fingerprint density at radius 2 is 2.04 bits per heavy atom. The second-order valence-corrected chi connectivity index (χ2v) is 6.15. The average molecular weight is 346 g/mol. The Morgan fingerprint density at radius 1 is 1.30 bits per heavy atom. The number of fused-ring (bicyclic) bond motifs is 1. The molecule has 2 aromatic heterocycles. The van der Waals surface area contributed by atoms with E-state index in [1.165, 1.54) is 18.3 Å². The van der Waals surface area contributed by atoms with Crippen LogP contribution in [0.15, 0.2) is 24.3 Å². The minimum absolute atomic E-state index is 0.203. The van der Waals surface area contributed by atoms with E-state index in [1.807, 2.05) is 31.2 Å². The first-order valence-electron chi connectivity index (χ1n) is 6.97. The van der Waals surface area contributed by atoms with Gasteiger partial charge in [0.15, 0.2) is 10.9 Å². The molecule has 1 amide bonds. The van der Waals surface area contributed by atoms with Gasteiger partial charge in [0.25, 0.3) is 0 Å². The number of aryl methyl sites for hydroxylation is 1. The molecule has 0 saturated carbocycles. The number of nitrogens with zero attached hydrogens (tertiary/aromatic N) is 4. The number of thiocarbonyl (C=S) groups is 1. The molecular weight excluding hydrogens is 332 g/mol. The first-order valence-corrected chi connectivity index (χ1v) is 8.19. The lowest BCUT2D eigenvalue weighted by Gasteiger charge is -2.08. The fraction of sp³-hybridized carbons (Fsp3) is 0.214. The van der Waals surface area contributed by atoms with E-state index in [4.69, 9.17) is 12.2 Å². The van der Waals surface area contributed by atoms with Crippen LogP contribution in [0.5, 0.6) is 0 Å². The van der Waals surface area contributed by atoms with Gasteiger partial charge in [0.05, 0.1) is 0 Å². The Labute approximate surface area is 141 Å². The van der Waals surface area contributed by atoms with Gasteiger partial charge in [-0.2, -0.15) is 9.61 Å². The number of rotatable bonds is 3. The lowest BCUT2D eigenvalue weighted by atomic mass is 10.2. The standard InChI is InChI=1S/C14H14N6OS2/c1-3-11-17-18-14-20(11)19-12(23-14)9-4-6-10(7-5-9)16-13(22)15-8(2)21/h4-7H,3H2,1-2H3,(H2,15,16,21,22). The smallest absolute Gasteiger partial charge is 0.234 e. The van der Waals surface area contributed by atoms with Gasteiger partial charge in [0, 0.05) is 24.6 Å². The average Bonchev–Trinajstić information content (AvgIpc) is 3.07. The van der Waals surface area contributed by atoms with Gasteiger partial charge in [-0.3, -0.25) is 4.79 Å². The molecule has 0 atom stereocenters. The van der Waals surface area contributed by atoms with Crippen LogP contribution in [0.3, 0.4) is 0 Å². The third kappa shape index (κ3) is 3.35. The van der Waals surface area contributed by atoms with Crippen LogP contribution in [0.4, 0.5) is 5.69 Å². The lowest BCUT2D eigenvalue weighted by Crippen LogP contribution is -2.32. The highest BCUT2D eigenvalue weighted by atomic mass is 32.1. The van der Waals surface area contributed by atoms with Crippen molar-refractivity contribution in [1.82, 2.24) is 25.1 Å². The summed E-state index contributed by atoms with van der Waals surface area (Å²) in [7, 11) is 0. The second-order valence-electron chi connectivity index (χ2n) is 4.78. The van der Waals surface area contributed by atoms with Gasteiger partial charge in [-0.05, 0) is 36.5 Å². The molecule has 0 bridgehead atoms. The Balaban J connectivity index is 1.79. The van der Waals surface area contributed by atoms with Gasteiger partial charge >= 0.3 is 0 Å². The maximum Gasteiger partial charge on any atom is 0.234 e. The van der Waals surface area contributed by atoms with E-state index in [2.05, 4.69) is 25.9 Å². The van der Waals surface area contributed by atoms with Crippen molar-refractivity contribution >= 4 is 45.2 Å².